The molecule has 0 saturated carbocycles. The van der Waals surface area contributed by atoms with Crippen LogP contribution in [0.2, 0.25) is 0 Å². The van der Waals surface area contributed by atoms with Crippen LogP contribution in [-0.2, 0) is 6.54 Å². The lowest BCUT2D eigenvalue weighted by Crippen LogP contribution is -2.35. The number of nitrogens with zero attached hydrogens (tertiary/aromatic N) is 2. The predicted octanol–water partition coefficient (Wildman–Crippen LogP) is 3.86. The van der Waals surface area contributed by atoms with Crippen molar-refractivity contribution in [1.82, 2.24) is 4.90 Å². The molecule has 5 nitrogen and oxygen atoms in total. The molecule has 1 fully saturated rings. The molecule has 142 valence electrons. The van der Waals surface area contributed by atoms with Crippen LogP contribution in [0.4, 0.5) is 5.69 Å². The van der Waals surface area contributed by atoms with Crippen molar-refractivity contribution in [3.63, 3.8) is 0 Å². The van der Waals surface area contributed by atoms with Gasteiger partial charge in [-0.1, -0.05) is 18.2 Å². The summed E-state index contributed by atoms with van der Waals surface area (Å²) in [7, 11) is 0. The topological polar surface area (TPSA) is 70.7 Å². The SMILES string of the molecule is Cc1cc(C)cc(NC(N)=NCc2ccc(C(=O)N3CCCCC3)cc2)c1. The number of carbonyl (C=O) groups excluding carboxylic acids is 1. The number of anilines is 1. The van der Waals surface area contributed by atoms with Crippen molar-refractivity contribution < 1.29 is 4.79 Å². The zero-order chi connectivity index (χ0) is 19.2. The van der Waals surface area contributed by atoms with E-state index in [1.165, 1.54) is 17.5 Å². The van der Waals surface area contributed by atoms with Crippen LogP contribution in [0.25, 0.3) is 0 Å². The average Bonchev–Trinajstić information content (AvgIpc) is 2.66. The van der Waals surface area contributed by atoms with Crippen LogP contribution in [0.15, 0.2) is 47.5 Å². The molecule has 2 aromatic carbocycles. The Morgan fingerprint density at radius 3 is 2.30 bits per heavy atom. The van der Waals surface area contributed by atoms with Crippen molar-refractivity contribution in [2.24, 2.45) is 10.7 Å². The second kappa shape index (κ2) is 8.71. The number of amides is 1. The maximum absolute atomic E-state index is 12.5. The van der Waals surface area contributed by atoms with Gasteiger partial charge in [-0.2, -0.15) is 0 Å². The number of guanidine groups is 1. The number of nitrogens with one attached hydrogen (secondary N) is 1. The molecule has 0 bridgehead atoms. The number of hydrogen-bond acceptors (Lipinski definition) is 2. The Balaban J connectivity index is 1.58. The van der Waals surface area contributed by atoms with Gasteiger partial charge in [0.25, 0.3) is 5.91 Å². The van der Waals surface area contributed by atoms with E-state index in [0.717, 1.165) is 42.7 Å². The van der Waals surface area contributed by atoms with Gasteiger partial charge < -0.3 is 16.0 Å². The van der Waals surface area contributed by atoms with Crippen LogP contribution in [0.5, 0.6) is 0 Å². The minimum absolute atomic E-state index is 0.126. The Bertz CT molecular complexity index is 800. The van der Waals surface area contributed by atoms with Gasteiger partial charge in [-0.15, -0.1) is 0 Å². The smallest absolute Gasteiger partial charge is 0.253 e. The Labute approximate surface area is 161 Å². The first-order valence-corrected chi connectivity index (χ1v) is 9.55. The first kappa shape index (κ1) is 19.0. The largest absolute Gasteiger partial charge is 0.370 e. The van der Waals surface area contributed by atoms with Crippen molar-refractivity contribution in [1.29, 1.82) is 0 Å². The highest BCUT2D eigenvalue weighted by molar-refractivity contribution is 5.94. The maximum atomic E-state index is 12.5. The number of likely N-dealkylation sites (tertiary alicyclic amines) is 1. The molecule has 5 heteroatoms. The predicted molar refractivity (Wildman–Crippen MR) is 111 cm³/mol. The number of carbonyl (C=O) groups is 1. The highest BCUT2D eigenvalue weighted by atomic mass is 16.2. The molecule has 0 radical (unpaired) electrons. The summed E-state index contributed by atoms with van der Waals surface area (Å²) < 4.78 is 0. The first-order chi connectivity index (χ1) is 13.0. The lowest BCUT2D eigenvalue weighted by molar-refractivity contribution is 0.0724. The molecule has 1 aliphatic rings. The quantitative estimate of drug-likeness (QED) is 0.639. The van der Waals surface area contributed by atoms with Gasteiger partial charge in [-0.3, -0.25) is 4.79 Å². The monoisotopic (exact) mass is 364 g/mol. The van der Waals surface area contributed by atoms with Crippen LogP contribution >= 0.6 is 0 Å². The van der Waals surface area contributed by atoms with Gasteiger partial charge in [0.2, 0.25) is 0 Å². The zero-order valence-electron chi connectivity index (χ0n) is 16.2. The van der Waals surface area contributed by atoms with E-state index < -0.39 is 0 Å². The fourth-order valence-electron chi connectivity index (χ4n) is 3.44. The van der Waals surface area contributed by atoms with Gasteiger partial charge in [-0.25, -0.2) is 4.99 Å². The molecule has 2 aromatic rings. The molecule has 0 aliphatic carbocycles. The molecule has 0 unspecified atom stereocenters. The number of aliphatic imine (C=N–C) groups is 1. The van der Waals surface area contributed by atoms with Gasteiger partial charge in [0.1, 0.15) is 0 Å². The number of nitrogens with two attached hydrogens (primary N) is 1. The first-order valence-electron chi connectivity index (χ1n) is 9.55. The highest BCUT2D eigenvalue weighted by Gasteiger charge is 2.17. The van der Waals surface area contributed by atoms with Crippen LogP contribution in [-0.4, -0.2) is 29.9 Å². The Kier molecular flexibility index (Phi) is 6.12. The molecule has 1 amide bonds. The van der Waals surface area contributed by atoms with Crippen LogP contribution in [0.1, 0.15) is 46.3 Å². The summed E-state index contributed by atoms with van der Waals surface area (Å²) in [5.41, 5.74) is 11.1. The zero-order valence-corrected chi connectivity index (χ0v) is 16.2. The van der Waals surface area contributed by atoms with Crippen molar-refractivity contribution in [2.75, 3.05) is 18.4 Å². The molecule has 3 N–H and O–H groups in total. The summed E-state index contributed by atoms with van der Waals surface area (Å²) in [4.78, 5) is 18.9. The Morgan fingerprint density at radius 2 is 1.67 bits per heavy atom. The molecule has 0 spiro atoms. The van der Waals surface area contributed by atoms with Gasteiger partial charge in [0, 0.05) is 24.3 Å². The van der Waals surface area contributed by atoms with Crippen molar-refractivity contribution in [2.45, 2.75) is 39.7 Å². The summed E-state index contributed by atoms with van der Waals surface area (Å²) in [6, 6.07) is 13.9. The number of aryl methyl sites for hydroxylation is 2. The summed E-state index contributed by atoms with van der Waals surface area (Å²) in [5.74, 6) is 0.509. The van der Waals surface area contributed by atoms with E-state index in [1.54, 1.807) is 0 Å². The van der Waals surface area contributed by atoms with Gasteiger partial charge in [0.15, 0.2) is 5.96 Å². The van der Waals surface area contributed by atoms with Crippen molar-refractivity contribution >= 4 is 17.6 Å². The summed E-state index contributed by atoms with van der Waals surface area (Å²) >= 11 is 0. The molecule has 1 heterocycles. The van der Waals surface area contributed by atoms with Gasteiger partial charge in [-0.05, 0) is 74.1 Å². The molecule has 3 rings (SSSR count). The molecule has 27 heavy (non-hydrogen) atoms. The van der Waals surface area contributed by atoms with Crippen LogP contribution < -0.4 is 11.1 Å². The highest BCUT2D eigenvalue weighted by Crippen LogP contribution is 2.15. The lowest BCUT2D eigenvalue weighted by atomic mass is 10.1. The number of benzene rings is 2. The second-order valence-electron chi connectivity index (χ2n) is 7.25. The molecule has 1 aliphatic heterocycles. The summed E-state index contributed by atoms with van der Waals surface area (Å²) in [6.45, 7) is 6.31. The molecule has 1 saturated heterocycles. The van der Waals surface area contributed by atoms with E-state index in [0.29, 0.717) is 12.5 Å². The number of hydrogen-bond donors (Lipinski definition) is 2. The van der Waals surface area contributed by atoms with E-state index in [1.807, 2.05) is 41.3 Å². The van der Waals surface area contributed by atoms with E-state index >= 15 is 0 Å². The van der Waals surface area contributed by atoms with Crippen LogP contribution in [0.3, 0.4) is 0 Å². The van der Waals surface area contributed by atoms with E-state index in [4.69, 9.17) is 5.73 Å². The third-order valence-electron chi connectivity index (χ3n) is 4.77. The second-order valence-corrected chi connectivity index (χ2v) is 7.25. The Morgan fingerprint density at radius 1 is 1.04 bits per heavy atom. The third-order valence-corrected chi connectivity index (χ3v) is 4.77. The summed E-state index contributed by atoms with van der Waals surface area (Å²) in [6.07, 6.45) is 3.43. The normalized spacial score (nSPS) is 14.9. The Hall–Kier alpha value is -2.82. The molecule has 0 aromatic heterocycles. The molecular formula is C22H28N4O. The third kappa shape index (κ3) is 5.33. The van der Waals surface area contributed by atoms with Gasteiger partial charge >= 0.3 is 0 Å². The van der Waals surface area contributed by atoms with E-state index in [9.17, 15) is 4.79 Å². The van der Waals surface area contributed by atoms with Crippen LogP contribution in [0, 0.1) is 13.8 Å². The van der Waals surface area contributed by atoms with E-state index in [-0.39, 0.29) is 5.91 Å². The maximum Gasteiger partial charge on any atom is 0.253 e. The number of piperidine rings is 1. The fraction of sp³-hybridized carbons (Fsp3) is 0.364. The molecular weight excluding hydrogens is 336 g/mol. The van der Waals surface area contributed by atoms with Crippen molar-refractivity contribution in [3.05, 3.63) is 64.7 Å². The number of rotatable bonds is 4. The average molecular weight is 364 g/mol. The fourth-order valence-corrected chi connectivity index (χ4v) is 3.44. The lowest BCUT2D eigenvalue weighted by Gasteiger charge is -2.26. The minimum atomic E-state index is 0.126. The van der Waals surface area contributed by atoms with E-state index in [2.05, 4.69) is 30.2 Å². The summed E-state index contributed by atoms with van der Waals surface area (Å²) in [5, 5.41) is 3.13. The minimum Gasteiger partial charge on any atom is -0.370 e. The standard InChI is InChI=1S/C22H28N4O/c1-16-12-17(2)14-20(13-16)25-22(23)24-15-18-6-8-19(9-7-18)21(27)26-10-4-3-5-11-26/h6-9,12-14H,3-5,10-11,15H2,1-2H3,(H3,23,24,25). The van der Waals surface area contributed by atoms with Gasteiger partial charge in [0.05, 0.1) is 6.54 Å². The van der Waals surface area contributed by atoms with Crippen molar-refractivity contribution in [3.8, 4) is 0 Å². The molecule has 0 atom stereocenters.